The van der Waals surface area contributed by atoms with Gasteiger partial charge in [-0.2, -0.15) is 0 Å². The minimum atomic E-state index is -1.16. The lowest BCUT2D eigenvalue weighted by Gasteiger charge is -2.21. The predicted molar refractivity (Wildman–Crippen MR) is 130 cm³/mol. The number of rotatable bonds is 8. The van der Waals surface area contributed by atoms with E-state index in [-0.39, 0.29) is 31.3 Å². The summed E-state index contributed by atoms with van der Waals surface area (Å²) >= 11 is 0. The van der Waals surface area contributed by atoms with E-state index in [1.165, 1.54) is 6.92 Å². The van der Waals surface area contributed by atoms with E-state index in [9.17, 15) is 19.8 Å². The number of nitrogens with one attached hydrogen (secondary N) is 1. The first kappa shape index (κ1) is 23.7. The predicted octanol–water partition coefficient (Wildman–Crippen LogP) is 4.52. The molecule has 3 aromatic carbocycles. The van der Waals surface area contributed by atoms with Crippen LogP contribution >= 0.6 is 0 Å². The van der Waals surface area contributed by atoms with Crippen LogP contribution in [0.1, 0.15) is 58.0 Å². The molecule has 0 spiro atoms. The molecule has 0 fully saturated rings. The minimum Gasteiger partial charge on any atom is -0.449 e. The largest absolute Gasteiger partial charge is 0.449 e. The molecular weight excluding hydrogens is 430 g/mol. The highest BCUT2D eigenvalue weighted by Crippen LogP contribution is 2.44. The number of hydrogen-bond donors (Lipinski definition) is 3. The first-order chi connectivity index (χ1) is 16.4. The van der Waals surface area contributed by atoms with Gasteiger partial charge in [-0.3, -0.25) is 4.79 Å². The molecule has 1 amide bonds. The molecule has 1 aliphatic carbocycles. The number of alkyl carbamates (subject to hydrolysis) is 1. The number of aryl methyl sites for hydroxylation is 1. The number of carbonyl (C=O) groups excluding carboxylic acids is 2. The molecular formula is C28H29NO5. The van der Waals surface area contributed by atoms with Crippen LogP contribution in [0, 0.1) is 6.92 Å². The second-order valence-corrected chi connectivity index (χ2v) is 8.68. The highest BCUT2D eigenvalue weighted by Gasteiger charge is 2.29. The highest BCUT2D eigenvalue weighted by atomic mass is 16.5. The molecule has 3 N–H and O–H groups in total. The SMILES string of the molecule is CC(=O)c1ccc(C)c(C(O)C(O)CCNC(=O)OCC2c3ccccc3-c3ccccc32)c1. The van der Waals surface area contributed by atoms with E-state index < -0.39 is 18.3 Å². The maximum absolute atomic E-state index is 12.3. The van der Waals surface area contributed by atoms with Crippen LogP contribution in [-0.2, 0) is 4.74 Å². The van der Waals surface area contributed by atoms with Gasteiger partial charge in [0.15, 0.2) is 5.78 Å². The van der Waals surface area contributed by atoms with Crippen LogP contribution in [0.3, 0.4) is 0 Å². The number of aliphatic hydroxyl groups excluding tert-OH is 2. The van der Waals surface area contributed by atoms with Crippen molar-refractivity contribution in [2.24, 2.45) is 0 Å². The molecule has 1 aliphatic rings. The Bertz CT molecular complexity index is 1160. The van der Waals surface area contributed by atoms with Crippen molar-refractivity contribution in [3.05, 3.63) is 94.5 Å². The maximum Gasteiger partial charge on any atom is 0.407 e. The van der Waals surface area contributed by atoms with Gasteiger partial charge in [-0.15, -0.1) is 0 Å². The number of carbonyl (C=O) groups is 2. The summed E-state index contributed by atoms with van der Waals surface area (Å²) < 4.78 is 5.50. The van der Waals surface area contributed by atoms with Crippen molar-refractivity contribution in [1.82, 2.24) is 5.32 Å². The van der Waals surface area contributed by atoms with E-state index in [2.05, 4.69) is 29.6 Å². The summed E-state index contributed by atoms with van der Waals surface area (Å²) in [5.41, 5.74) is 6.35. The standard InChI is InChI=1S/C28H29NO5/c1-17-11-12-19(18(2)30)15-24(17)27(32)26(31)13-14-29-28(33)34-16-25-22-9-5-3-7-20(22)21-8-4-6-10-23(21)25/h3-12,15,25-27,31-32H,13-14,16H2,1-2H3,(H,29,33). The molecule has 0 aromatic heterocycles. The van der Waals surface area contributed by atoms with Crippen molar-refractivity contribution in [2.75, 3.05) is 13.2 Å². The molecule has 2 unspecified atom stereocenters. The molecule has 0 bridgehead atoms. The Morgan fingerprint density at radius 3 is 2.21 bits per heavy atom. The van der Waals surface area contributed by atoms with Gasteiger partial charge in [-0.1, -0.05) is 60.7 Å². The topological polar surface area (TPSA) is 95.9 Å². The zero-order valence-corrected chi connectivity index (χ0v) is 19.3. The van der Waals surface area contributed by atoms with Crippen molar-refractivity contribution in [3.63, 3.8) is 0 Å². The van der Waals surface area contributed by atoms with Crippen molar-refractivity contribution in [2.45, 2.75) is 38.4 Å². The fourth-order valence-corrected chi connectivity index (χ4v) is 4.51. The Morgan fingerprint density at radius 1 is 0.971 bits per heavy atom. The number of ether oxygens (including phenoxy) is 1. The lowest BCUT2D eigenvalue weighted by Crippen LogP contribution is -2.31. The third-order valence-corrected chi connectivity index (χ3v) is 6.42. The molecule has 6 nitrogen and oxygen atoms in total. The van der Waals surface area contributed by atoms with Gasteiger partial charge in [0.05, 0.1) is 6.10 Å². The highest BCUT2D eigenvalue weighted by molar-refractivity contribution is 5.94. The van der Waals surface area contributed by atoms with Crippen LogP contribution < -0.4 is 5.32 Å². The molecule has 2 atom stereocenters. The Kier molecular flexibility index (Phi) is 7.10. The number of hydrogen-bond acceptors (Lipinski definition) is 5. The normalized spacial score (nSPS) is 14.1. The average Bonchev–Trinajstić information content (AvgIpc) is 3.16. The van der Waals surface area contributed by atoms with Gasteiger partial charge >= 0.3 is 6.09 Å². The van der Waals surface area contributed by atoms with E-state index >= 15 is 0 Å². The summed E-state index contributed by atoms with van der Waals surface area (Å²) in [6, 6.07) is 21.3. The molecule has 4 rings (SSSR count). The zero-order chi connectivity index (χ0) is 24.2. The molecule has 34 heavy (non-hydrogen) atoms. The molecule has 0 saturated heterocycles. The summed E-state index contributed by atoms with van der Waals surface area (Å²) in [5, 5.41) is 23.7. The van der Waals surface area contributed by atoms with Crippen LogP contribution in [0.5, 0.6) is 0 Å². The maximum atomic E-state index is 12.3. The van der Waals surface area contributed by atoms with Gasteiger partial charge in [-0.05, 0) is 59.7 Å². The van der Waals surface area contributed by atoms with E-state index in [0.29, 0.717) is 11.1 Å². The van der Waals surface area contributed by atoms with Gasteiger partial charge in [0.25, 0.3) is 0 Å². The van der Waals surface area contributed by atoms with Crippen LogP contribution in [0.25, 0.3) is 11.1 Å². The summed E-state index contributed by atoms with van der Waals surface area (Å²) in [6.07, 6.45) is -2.70. The number of benzene rings is 3. The zero-order valence-electron chi connectivity index (χ0n) is 19.3. The first-order valence-corrected chi connectivity index (χ1v) is 11.4. The van der Waals surface area contributed by atoms with Crippen molar-refractivity contribution < 1.29 is 24.5 Å². The molecule has 176 valence electrons. The number of aliphatic hydroxyl groups is 2. The van der Waals surface area contributed by atoms with E-state index in [4.69, 9.17) is 4.74 Å². The van der Waals surface area contributed by atoms with Crippen LogP contribution in [0.2, 0.25) is 0 Å². The Labute approximate surface area is 199 Å². The summed E-state index contributed by atoms with van der Waals surface area (Å²) in [4.78, 5) is 23.9. The van der Waals surface area contributed by atoms with Gasteiger partial charge in [0.1, 0.15) is 12.7 Å². The van der Waals surface area contributed by atoms with Crippen molar-refractivity contribution in [3.8, 4) is 11.1 Å². The second kappa shape index (κ2) is 10.2. The Balaban J connectivity index is 1.30. The quantitative estimate of drug-likeness (QED) is 0.431. The molecule has 6 heteroatoms. The van der Waals surface area contributed by atoms with Crippen LogP contribution in [0.15, 0.2) is 66.7 Å². The third kappa shape index (κ3) is 4.88. The van der Waals surface area contributed by atoms with Gasteiger partial charge in [-0.25, -0.2) is 4.79 Å². The molecule has 0 heterocycles. The molecule has 0 aliphatic heterocycles. The van der Waals surface area contributed by atoms with Crippen LogP contribution in [-0.4, -0.2) is 41.3 Å². The van der Waals surface area contributed by atoms with Gasteiger partial charge in [0, 0.05) is 18.0 Å². The third-order valence-electron chi connectivity index (χ3n) is 6.42. The fraction of sp³-hybridized carbons (Fsp3) is 0.286. The summed E-state index contributed by atoms with van der Waals surface area (Å²) in [6.45, 7) is 3.61. The number of ketones is 1. The van der Waals surface area contributed by atoms with E-state index in [1.807, 2.05) is 31.2 Å². The minimum absolute atomic E-state index is 0.0258. The van der Waals surface area contributed by atoms with E-state index in [0.717, 1.165) is 27.8 Å². The average molecular weight is 460 g/mol. The number of fused-ring (bicyclic) bond motifs is 3. The lowest BCUT2D eigenvalue weighted by atomic mass is 9.95. The Morgan fingerprint density at radius 2 is 1.59 bits per heavy atom. The summed E-state index contributed by atoms with van der Waals surface area (Å²) in [5.74, 6) is -0.137. The fourth-order valence-electron chi connectivity index (χ4n) is 4.51. The van der Waals surface area contributed by atoms with Crippen molar-refractivity contribution in [1.29, 1.82) is 0 Å². The van der Waals surface area contributed by atoms with Gasteiger partial charge < -0.3 is 20.3 Å². The van der Waals surface area contributed by atoms with Crippen molar-refractivity contribution >= 4 is 11.9 Å². The first-order valence-electron chi connectivity index (χ1n) is 11.4. The van der Waals surface area contributed by atoms with E-state index in [1.54, 1.807) is 18.2 Å². The monoisotopic (exact) mass is 459 g/mol. The molecule has 0 saturated carbocycles. The smallest absolute Gasteiger partial charge is 0.407 e. The molecule has 0 radical (unpaired) electrons. The number of amides is 1. The Hall–Kier alpha value is -3.48. The number of Topliss-reactive ketones (excluding diaryl/α,β-unsaturated/α-hetero) is 1. The molecule has 3 aromatic rings. The van der Waals surface area contributed by atoms with Gasteiger partial charge in [0.2, 0.25) is 0 Å². The lowest BCUT2D eigenvalue weighted by molar-refractivity contribution is 0.0133. The van der Waals surface area contributed by atoms with Crippen LogP contribution in [0.4, 0.5) is 4.79 Å². The second-order valence-electron chi connectivity index (χ2n) is 8.68. The summed E-state index contributed by atoms with van der Waals surface area (Å²) in [7, 11) is 0.